The third kappa shape index (κ3) is 4.14. The summed E-state index contributed by atoms with van der Waals surface area (Å²) in [6.07, 6.45) is 7.38. The van der Waals surface area contributed by atoms with Crippen LogP contribution < -0.4 is 9.64 Å². The standard InChI is InChI=1S/C25H24N4O3S/c1-16-20(13-23(30)28(15-17-5-6-17)25-27-10-11-33-25)21-12-19(32-2)7-8-22(21)29(16)24(31)18-4-3-9-26-14-18/h3-4,7-12,14,17H,5-6,13,15H2,1-2H3. The minimum atomic E-state index is -0.177. The lowest BCUT2D eigenvalue weighted by molar-refractivity contribution is -0.118. The van der Waals surface area contributed by atoms with Gasteiger partial charge >= 0.3 is 0 Å². The van der Waals surface area contributed by atoms with Gasteiger partial charge in [-0.2, -0.15) is 0 Å². The van der Waals surface area contributed by atoms with Crippen molar-refractivity contribution in [2.24, 2.45) is 5.92 Å². The van der Waals surface area contributed by atoms with E-state index in [1.54, 1.807) is 47.3 Å². The van der Waals surface area contributed by atoms with Crippen molar-refractivity contribution in [3.63, 3.8) is 0 Å². The van der Waals surface area contributed by atoms with Crippen molar-refractivity contribution >= 4 is 39.2 Å². The predicted molar refractivity (Wildman–Crippen MR) is 128 cm³/mol. The highest BCUT2D eigenvalue weighted by Crippen LogP contribution is 2.34. The summed E-state index contributed by atoms with van der Waals surface area (Å²) in [5.41, 5.74) is 2.80. The molecule has 3 aromatic heterocycles. The van der Waals surface area contributed by atoms with Crippen molar-refractivity contribution in [1.82, 2.24) is 14.5 Å². The van der Waals surface area contributed by atoms with Gasteiger partial charge in [0.25, 0.3) is 5.91 Å². The topological polar surface area (TPSA) is 77.3 Å². The molecule has 1 saturated carbocycles. The number of methoxy groups -OCH3 is 1. The van der Waals surface area contributed by atoms with E-state index in [9.17, 15) is 9.59 Å². The van der Waals surface area contributed by atoms with E-state index in [2.05, 4.69) is 9.97 Å². The van der Waals surface area contributed by atoms with Crippen LogP contribution in [-0.2, 0) is 11.2 Å². The molecule has 0 aliphatic heterocycles. The first kappa shape index (κ1) is 21.3. The molecule has 1 amide bonds. The maximum Gasteiger partial charge on any atom is 0.264 e. The van der Waals surface area contributed by atoms with Crippen molar-refractivity contribution in [2.45, 2.75) is 26.2 Å². The van der Waals surface area contributed by atoms with Crippen LogP contribution in [0.5, 0.6) is 5.75 Å². The zero-order valence-electron chi connectivity index (χ0n) is 18.5. The first-order valence-electron chi connectivity index (χ1n) is 10.9. The Labute approximate surface area is 195 Å². The monoisotopic (exact) mass is 460 g/mol. The van der Waals surface area contributed by atoms with Crippen molar-refractivity contribution in [2.75, 3.05) is 18.6 Å². The first-order valence-corrected chi connectivity index (χ1v) is 11.8. The summed E-state index contributed by atoms with van der Waals surface area (Å²) in [5, 5.41) is 3.44. The molecule has 1 aliphatic carbocycles. The molecule has 8 heteroatoms. The number of thiazole rings is 1. The molecule has 0 bridgehead atoms. The molecule has 0 atom stereocenters. The number of fused-ring (bicyclic) bond motifs is 1. The fourth-order valence-corrected chi connectivity index (χ4v) is 4.80. The van der Waals surface area contributed by atoms with E-state index in [4.69, 9.17) is 4.74 Å². The Bertz CT molecular complexity index is 1310. The van der Waals surface area contributed by atoms with Gasteiger partial charge in [0.1, 0.15) is 5.75 Å². The molecule has 33 heavy (non-hydrogen) atoms. The number of rotatable bonds is 7. The summed E-state index contributed by atoms with van der Waals surface area (Å²) >= 11 is 1.47. The van der Waals surface area contributed by atoms with Crippen molar-refractivity contribution in [3.8, 4) is 5.75 Å². The van der Waals surface area contributed by atoms with Gasteiger partial charge in [0.2, 0.25) is 5.91 Å². The Morgan fingerprint density at radius 1 is 1.24 bits per heavy atom. The quantitative estimate of drug-likeness (QED) is 0.406. The van der Waals surface area contributed by atoms with Crippen LogP contribution in [-0.4, -0.2) is 40.0 Å². The third-order valence-electron chi connectivity index (χ3n) is 6.07. The molecule has 1 aliphatic rings. The Hall–Kier alpha value is -3.52. The molecule has 3 heterocycles. The van der Waals surface area contributed by atoms with Gasteiger partial charge < -0.3 is 4.74 Å². The molecule has 0 N–H and O–H groups in total. The van der Waals surface area contributed by atoms with E-state index in [0.717, 1.165) is 40.1 Å². The highest BCUT2D eigenvalue weighted by atomic mass is 32.1. The van der Waals surface area contributed by atoms with Crippen LogP contribution in [0.2, 0.25) is 0 Å². The lowest BCUT2D eigenvalue weighted by atomic mass is 10.1. The maximum atomic E-state index is 13.5. The highest BCUT2D eigenvalue weighted by Gasteiger charge is 2.30. The normalized spacial score (nSPS) is 13.3. The molecule has 1 aromatic carbocycles. The number of hydrogen-bond acceptors (Lipinski definition) is 6. The predicted octanol–water partition coefficient (Wildman–Crippen LogP) is 4.48. The van der Waals surface area contributed by atoms with Gasteiger partial charge in [-0.15, -0.1) is 11.3 Å². The van der Waals surface area contributed by atoms with Crippen LogP contribution in [0, 0.1) is 12.8 Å². The van der Waals surface area contributed by atoms with Gasteiger partial charge in [-0.3, -0.25) is 24.0 Å². The van der Waals surface area contributed by atoms with Crippen LogP contribution >= 0.6 is 11.3 Å². The van der Waals surface area contributed by atoms with Crippen LogP contribution in [0.3, 0.4) is 0 Å². The van der Waals surface area contributed by atoms with Gasteiger partial charge in [0.05, 0.1) is 24.6 Å². The van der Waals surface area contributed by atoms with Crippen LogP contribution in [0.1, 0.15) is 34.5 Å². The second kappa shape index (κ2) is 8.78. The lowest BCUT2D eigenvalue weighted by Gasteiger charge is -2.20. The summed E-state index contributed by atoms with van der Waals surface area (Å²) in [6, 6.07) is 9.08. The van der Waals surface area contributed by atoms with Crippen molar-refractivity contribution in [1.29, 1.82) is 0 Å². The molecule has 4 aromatic rings. The zero-order valence-corrected chi connectivity index (χ0v) is 19.3. The Morgan fingerprint density at radius 2 is 2.09 bits per heavy atom. The summed E-state index contributed by atoms with van der Waals surface area (Å²) < 4.78 is 7.11. The van der Waals surface area contributed by atoms with E-state index in [0.29, 0.717) is 23.8 Å². The second-order valence-electron chi connectivity index (χ2n) is 8.27. The second-order valence-corrected chi connectivity index (χ2v) is 9.14. The Balaban J connectivity index is 1.57. The minimum absolute atomic E-state index is 0.0179. The number of carbonyl (C=O) groups excluding carboxylic acids is 2. The molecule has 5 rings (SSSR count). The van der Waals surface area contributed by atoms with Crippen LogP contribution in [0.15, 0.2) is 54.3 Å². The highest BCUT2D eigenvalue weighted by molar-refractivity contribution is 7.13. The molecule has 7 nitrogen and oxygen atoms in total. The van der Waals surface area contributed by atoms with Gasteiger partial charge in [-0.1, -0.05) is 0 Å². The maximum absolute atomic E-state index is 13.5. The van der Waals surface area contributed by atoms with Crippen molar-refractivity contribution < 1.29 is 14.3 Å². The first-order chi connectivity index (χ1) is 16.1. The van der Waals surface area contributed by atoms with Gasteiger partial charge in [0.15, 0.2) is 5.13 Å². The van der Waals surface area contributed by atoms with Gasteiger partial charge in [-0.05, 0) is 61.6 Å². The molecule has 0 radical (unpaired) electrons. The summed E-state index contributed by atoms with van der Waals surface area (Å²) in [4.78, 5) is 37.2. The fourth-order valence-electron chi connectivity index (χ4n) is 4.13. The lowest BCUT2D eigenvalue weighted by Crippen LogP contribution is -2.34. The number of nitrogens with zero attached hydrogens (tertiary/aromatic N) is 4. The molecule has 0 spiro atoms. The molecular weight excluding hydrogens is 436 g/mol. The molecule has 0 unspecified atom stereocenters. The van der Waals surface area contributed by atoms with Crippen LogP contribution in [0.4, 0.5) is 5.13 Å². The van der Waals surface area contributed by atoms with E-state index in [1.165, 1.54) is 11.3 Å². The SMILES string of the molecule is COc1ccc2c(c1)c(CC(=O)N(CC1CC1)c1nccs1)c(C)n2C(=O)c1cccnc1. The number of anilines is 1. The number of pyridine rings is 1. The number of carbonyl (C=O) groups is 2. The summed E-state index contributed by atoms with van der Waals surface area (Å²) in [5.74, 6) is 1.02. The number of aromatic nitrogens is 3. The van der Waals surface area contributed by atoms with Crippen LogP contribution in [0.25, 0.3) is 10.9 Å². The minimum Gasteiger partial charge on any atom is -0.497 e. The fraction of sp³-hybridized carbons (Fsp3) is 0.280. The largest absolute Gasteiger partial charge is 0.497 e. The molecule has 168 valence electrons. The third-order valence-corrected chi connectivity index (χ3v) is 6.86. The average Bonchev–Trinajstić information content (AvgIpc) is 3.42. The van der Waals surface area contributed by atoms with Gasteiger partial charge in [-0.25, -0.2) is 4.98 Å². The molecule has 1 fully saturated rings. The number of hydrogen-bond donors (Lipinski definition) is 0. The van der Waals surface area contributed by atoms with E-state index < -0.39 is 0 Å². The van der Waals surface area contributed by atoms with E-state index in [-0.39, 0.29) is 18.2 Å². The molecule has 0 saturated heterocycles. The Kier molecular flexibility index (Phi) is 5.68. The smallest absolute Gasteiger partial charge is 0.264 e. The number of amides is 1. The Morgan fingerprint density at radius 3 is 2.76 bits per heavy atom. The summed E-state index contributed by atoms with van der Waals surface area (Å²) in [6.45, 7) is 2.57. The average molecular weight is 461 g/mol. The van der Waals surface area contributed by atoms with E-state index >= 15 is 0 Å². The van der Waals surface area contributed by atoms with E-state index in [1.807, 2.05) is 30.5 Å². The number of benzene rings is 1. The molecular formula is C25H24N4O3S. The van der Waals surface area contributed by atoms with Crippen molar-refractivity contribution in [3.05, 3.63) is 71.1 Å². The summed E-state index contributed by atoms with van der Waals surface area (Å²) in [7, 11) is 1.61. The zero-order chi connectivity index (χ0) is 22.9. The van der Waals surface area contributed by atoms with Gasteiger partial charge in [0, 0.05) is 41.6 Å². The number of ether oxygens (including phenoxy) is 1.